The van der Waals surface area contributed by atoms with Crippen LogP contribution in [0.1, 0.15) is 20.7 Å². The van der Waals surface area contributed by atoms with Crippen LogP contribution in [0.25, 0.3) is 21.9 Å². The Morgan fingerprint density at radius 3 is 2.34 bits per heavy atom. The topological polar surface area (TPSA) is 82.1 Å². The first-order valence-electron chi connectivity index (χ1n) is 8.32. The number of hydrogen-bond acceptors (Lipinski definition) is 5. The molecule has 0 atom stereocenters. The predicted molar refractivity (Wildman–Crippen MR) is 113 cm³/mol. The van der Waals surface area contributed by atoms with Crippen molar-refractivity contribution in [3.8, 4) is 22.6 Å². The number of fused-ring (bicyclic) bond motifs is 1. The van der Waals surface area contributed by atoms with E-state index in [0.29, 0.717) is 42.9 Å². The largest absolute Gasteiger partial charge is 0.493 e. The van der Waals surface area contributed by atoms with Gasteiger partial charge in [-0.25, -0.2) is 9.59 Å². The Morgan fingerprint density at radius 1 is 1.03 bits per heavy atom. The number of esters is 1. The summed E-state index contributed by atoms with van der Waals surface area (Å²) in [6, 6.07) is 9.91. The van der Waals surface area contributed by atoms with Crippen LogP contribution in [0.4, 0.5) is 0 Å². The Bertz CT molecular complexity index is 1140. The Hall–Kier alpha value is -2.77. The van der Waals surface area contributed by atoms with Crippen molar-refractivity contribution in [3.05, 3.63) is 57.0 Å². The summed E-state index contributed by atoms with van der Waals surface area (Å²) in [5, 5.41) is 11.2. The van der Waals surface area contributed by atoms with Crippen LogP contribution >= 0.6 is 27.5 Å². The molecule has 0 fully saturated rings. The molecule has 0 heterocycles. The molecule has 0 unspecified atom stereocenters. The first-order chi connectivity index (χ1) is 13.8. The molecule has 0 bridgehead atoms. The monoisotopic (exact) mass is 478 g/mol. The summed E-state index contributed by atoms with van der Waals surface area (Å²) in [6.45, 7) is 0. The summed E-state index contributed by atoms with van der Waals surface area (Å²) in [7, 11) is 4.19. The minimum absolute atomic E-state index is 0.0751. The quantitative estimate of drug-likeness (QED) is 0.492. The van der Waals surface area contributed by atoms with Crippen LogP contribution in [0.3, 0.4) is 0 Å². The van der Waals surface area contributed by atoms with E-state index < -0.39 is 11.9 Å². The minimum atomic E-state index is -1.27. The second-order valence-corrected chi connectivity index (χ2v) is 7.26. The molecule has 0 aliphatic heterocycles. The van der Waals surface area contributed by atoms with Gasteiger partial charge in [-0.1, -0.05) is 23.7 Å². The van der Waals surface area contributed by atoms with E-state index in [2.05, 4.69) is 15.9 Å². The van der Waals surface area contributed by atoms with Crippen molar-refractivity contribution < 1.29 is 28.9 Å². The molecular formula is C21H16BrClO6. The molecule has 0 aliphatic carbocycles. The second kappa shape index (κ2) is 8.31. The highest BCUT2D eigenvalue weighted by Crippen LogP contribution is 2.44. The lowest BCUT2D eigenvalue weighted by Crippen LogP contribution is -2.12. The van der Waals surface area contributed by atoms with Gasteiger partial charge in [-0.2, -0.15) is 0 Å². The lowest BCUT2D eigenvalue weighted by Gasteiger charge is -2.18. The molecule has 0 saturated carbocycles. The minimum Gasteiger partial charge on any atom is -0.493 e. The highest BCUT2D eigenvalue weighted by atomic mass is 79.9. The van der Waals surface area contributed by atoms with Gasteiger partial charge >= 0.3 is 11.9 Å². The lowest BCUT2D eigenvalue weighted by molar-refractivity contribution is 0.0584. The highest BCUT2D eigenvalue weighted by Gasteiger charge is 2.27. The average Bonchev–Trinajstić information content (AvgIpc) is 2.71. The zero-order valence-corrected chi connectivity index (χ0v) is 18.1. The maximum absolute atomic E-state index is 12.6. The normalized spacial score (nSPS) is 10.7. The van der Waals surface area contributed by atoms with Crippen molar-refractivity contribution in [2.24, 2.45) is 0 Å². The zero-order valence-electron chi connectivity index (χ0n) is 15.7. The van der Waals surface area contributed by atoms with Crippen LogP contribution in [0, 0.1) is 0 Å². The number of carboxylic acid groups (broad SMARTS) is 1. The number of carbonyl (C=O) groups excluding carboxylic acids is 1. The lowest BCUT2D eigenvalue weighted by atomic mass is 9.89. The maximum Gasteiger partial charge on any atom is 0.339 e. The van der Waals surface area contributed by atoms with Gasteiger partial charge in [0, 0.05) is 16.0 Å². The van der Waals surface area contributed by atoms with Gasteiger partial charge in [0.25, 0.3) is 0 Å². The zero-order chi connectivity index (χ0) is 21.3. The van der Waals surface area contributed by atoms with E-state index in [9.17, 15) is 14.7 Å². The van der Waals surface area contributed by atoms with Crippen molar-refractivity contribution in [3.63, 3.8) is 0 Å². The third kappa shape index (κ3) is 3.63. The van der Waals surface area contributed by atoms with Gasteiger partial charge in [-0.3, -0.25) is 0 Å². The number of carboxylic acids is 1. The Labute approximate surface area is 180 Å². The van der Waals surface area contributed by atoms with E-state index in [-0.39, 0.29) is 11.1 Å². The molecule has 0 spiro atoms. The second-order valence-electron chi connectivity index (χ2n) is 6.00. The van der Waals surface area contributed by atoms with Gasteiger partial charge in [0.2, 0.25) is 0 Å². The van der Waals surface area contributed by atoms with Crippen LogP contribution in [-0.4, -0.2) is 38.4 Å². The van der Waals surface area contributed by atoms with Crippen molar-refractivity contribution in [2.75, 3.05) is 21.3 Å². The summed E-state index contributed by atoms with van der Waals surface area (Å²) >= 11 is 9.77. The van der Waals surface area contributed by atoms with Gasteiger partial charge < -0.3 is 19.3 Å². The Morgan fingerprint density at radius 2 is 1.76 bits per heavy atom. The standard InChI is InChI=1S/C21H16BrClO6/c1-27-16-8-10(7-14(22)19(16)28-2)17-11-5-4-6-15(23)12(11)9-13(20(24)25)18(17)21(26)29-3/h4-9H,1-3H3,(H,24,25). The third-order valence-electron chi connectivity index (χ3n) is 4.47. The summed E-state index contributed by atoms with van der Waals surface area (Å²) in [5.74, 6) is -1.17. The molecule has 0 amide bonds. The molecule has 3 rings (SSSR count). The average molecular weight is 480 g/mol. The van der Waals surface area contributed by atoms with E-state index in [1.807, 2.05) is 0 Å². The van der Waals surface area contributed by atoms with Crippen LogP contribution in [0.2, 0.25) is 5.02 Å². The fraction of sp³-hybridized carbons (Fsp3) is 0.143. The van der Waals surface area contributed by atoms with E-state index >= 15 is 0 Å². The maximum atomic E-state index is 12.6. The number of carbonyl (C=O) groups is 2. The van der Waals surface area contributed by atoms with Gasteiger partial charge in [0.15, 0.2) is 11.5 Å². The summed E-state index contributed by atoms with van der Waals surface area (Å²) in [5.41, 5.74) is 0.619. The third-order valence-corrected chi connectivity index (χ3v) is 5.39. The van der Waals surface area contributed by atoms with Gasteiger partial charge in [0.05, 0.1) is 36.9 Å². The molecule has 0 aliphatic rings. The molecule has 150 valence electrons. The summed E-state index contributed by atoms with van der Waals surface area (Å²) < 4.78 is 16.2. The van der Waals surface area contributed by atoms with Crippen molar-refractivity contribution in [1.82, 2.24) is 0 Å². The first-order valence-corrected chi connectivity index (χ1v) is 9.49. The van der Waals surface area contributed by atoms with E-state index in [4.69, 9.17) is 25.8 Å². The molecule has 3 aromatic carbocycles. The van der Waals surface area contributed by atoms with Crippen molar-refractivity contribution >= 4 is 50.2 Å². The van der Waals surface area contributed by atoms with E-state index in [1.165, 1.54) is 27.4 Å². The molecule has 6 nitrogen and oxygen atoms in total. The highest BCUT2D eigenvalue weighted by molar-refractivity contribution is 9.10. The molecular weight excluding hydrogens is 464 g/mol. The smallest absolute Gasteiger partial charge is 0.339 e. The molecule has 0 aromatic heterocycles. The van der Waals surface area contributed by atoms with Gasteiger partial charge in [-0.05, 0) is 51.1 Å². The van der Waals surface area contributed by atoms with Crippen molar-refractivity contribution in [1.29, 1.82) is 0 Å². The number of benzene rings is 3. The molecule has 0 radical (unpaired) electrons. The number of rotatable bonds is 5. The van der Waals surface area contributed by atoms with Crippen LogP contribution < -0.4 is 9.47 Å². The number of aromatic carboxylic acids is 1. The SMILES string of the molecule is COC(=O)c1c(C(=O)O)cc2c(Cl)cccc2c1-c1cc(Br)c(OC)c(OC)c1. The summed E-state index contributed by atoms with van der Waals surface area (Å²) in [4.78, 5) is 24.6. The predicted octanol–water partition coefficient (Wildman–Crippen LogP) is 5.42. The molecule has 0 saturated heterocycles. The van der Waals surface area contributed by atoms with Crippen LogP contribution in [0.15, 0.2) is 40.9 Å². The Kier molecular flexibility index (Phi) is 6.00. The van der Waals surface area contributed by atoms with E-state index in [1.54, 1.807) is 30.3 Å². The molecule has 3 aromatic rings. The number of methoxy groups -OCH3 is 3. The number of halogens is 2. The summed E-state index contributed by atoms with van der Waals surface area (Å²) in [6.07, 6.45) is 0. The van der Waals surface area contributed by atoms with Crippen LogP contribution in [-0.2, 0) is 4.74 Å². The number of hydrogen-bond donors (Lipinski definition) is 1. The molecule has 1 N–H and O–H groups in total. The number of ether oxygens (including phenoxy) is 3. The molecule has 8 heteroatoms. The fourth-order valence-electron chi connectivity index (χ4n) is 3.23. The molecule has 29 heavy (non-hydrogen) atoms. The Balaban J connectivity index is 2.55. The van der Waals surface area contributed by atoms with Gasteiger partial charge in [-0.15, -0.1) is 0 Å². The van der Waals surface area contributed by atoms with Gasteiger partial charge in [0.1, 0.15) is 0 Å². The van der Waals surface area contributed by atoms with Crippen LogP contribution in [0.5, 0.6) is 11.5 Å². The van der Waals surface area contributed by atoms with Crippen molar-refractivity contribution in [2.45, 2.75) is 0 Å². The fourth-order valence-corrected chi connectivity index (χ4v) is 4.07. The van der Waals surface area contributed by atoms with E-state index in [0.717, 1.165) is 0 Å². The first kappa shape index (κ1) is 21.0.